The van der Waals surface area contributed by atoms with Crippen LogP contribution < -0.4 is 0 Å². The minimum Gasteiger partial charge on any atom is -0.0776 e. The molecule has 0 fully saturated rings. The van der Waals surface area contributed by atoms with Crippen LogP contribution in [0.25, 0.3) is 0 Å². The second kappa shape index (κ2) is 29.2. The number of unbranched alkanes of at least 4 members (excludes halogenated alkanes) is 8. The van der Waals surface area contributed by atoms with Crippen molar-refractivity contribution in [1.82, 2.24) is 0 Å². The van der Waals surface area contributed by atoms with Crippen molar-refractivity contribution in [3.8, 4) is 0 Å². The van der Waals surface area contributed by atoms with Crippen molar-refractivity contribution in [3.63, 3.8) is 0 Å². The second-order valence-corrected chi connectivity index (χ2v) is 3.47. The van der Waals surface area contributed by atoms with E-state index in [0.717, 1.165) is 0 Å². The van der Waals surface area contributed by atoms with Gasteiger partial charge in [-0.1, -0.05) is 101 Å². The summed E-state index contributed by atoms with van der Waals surface area (Å²) in [7, 11) is 0. The lowest BCUT2D eigenvalue weighted by molar-refractivity contribution is 0.572. The van der Waals surface area contributed by atoms with Gasteiger partial charge in [0.2, 0.25) is 0 Å². The van der Waals surface area contributed by atoms with Crippen LogP contribution in [0.15, 0.2) is 0 Å². The first-order chi connectivity index (χ1) is 5.41. The molecule has 0 spiro atoms. The zero-order valence-corrected chi connectivity index (χ0v) is 8.36. The van der Waals surface area contributed by atoms with Crippen LogP contribution in [-0.2, 0) is 0 Å². The van der Waals surface area contributed by atoms with E-state index in [1.807, 2.05) is 0 Å². The predicted octanol–water partition coefficient (Wildman–Crippen LogP) is 7.08. The van der Waals surface area contributed by atoms with Crippen LogP contribution in [0, 0.1) is 0 Å². The van der Waals surface area contributed by atoms with Crippen molar-refractivity contribution < 1.29 is 0 Å². The van der Waals surface area contributed by atoms with Gasteiger partial charge in [0.1, 0.15) is 0 Å². The van der Waals surface area contributed by atoms with Crippen molar-refractivity contribution in [2.24, 2.45) is 0 Å². The van der Waals surface area contributed by atoms with Crippen molar-refractivity contribution >= 4 is 0 Å². The maximum atomic E-state index is 2.27. The van der Waals surface area contributed by atoms with Crippen LogP contribution in [-0.4, -0.2) is 0 Å². The summed E-state index contributed by atoms with van der Waals surface area (Å²) in [6.07, 6.45) is 13.0. The molecule has 0 unspecified atom stereocenters. The maximum absolute atomic E-state index is 2.27. The molecular formula is C15H40. The molecular weight excluding hydrogens is 180 g/mol. The van der Waals surface area contributed by atoms with E-state index in [4.69, 9.17) is 0 Å². The highest BCUT2D eigenvalue weighted by Gasteiger charge is 1.88. The summed E-state index contributed by atoms with van der Waals surface area (Å²) in [5.41, 5.74) is 0. The Bertz CT molecular complexity index is 49.1. The molecule has 0 rings (SSSR count). The molecule has 0 saturated heterocycles. The number of hydrogen-bond acceptors (Lipinski definition) is 0. The van der Waals surface area contributed by atoms with Gasteiger partial charge >= 0.3 is 0 Å². The molecule has 100 valence electrons. The molecule has 0 nitrogen and oxygen atoms in total. The van der Waals surface area contributed by atoms with Crippen molar-refractivity contribution in [3.05, 3.63) is 0 Å². The van der Waals surface area contributed by atoms with Crippen LogP contribution in [0.5, 0.6) is 0 Å². The van der Waals surface area contributed by atoms with E-state index in [9.17, 15) is 0 Å². The lowest BCUT2D eigenvalue weighted by atomic mass is 10.1. The van der Waals surface area contributed by atoms with E-state index in [1.54, 1.807) is 0 Å². The Hall–Kier alpha value is 0. The summed E-state index contributed by atoms with van der Waals surface area (Å²) in [6, 6.07) is 0. The molecule has 0 N–H and O–H groups in total. The monoisotopic (exact) mass is 220 g/mol. The average molecular weight is 220 g/mol. The lowest BCUT2D eigenvalue weighted by Crippen LogP contribution is -1.79. The van der Waals surface area contributed by atoms with Crippen LogP contribution in [0.2, 0.25) is 0 Å². The molecule has 0 bridgehead atoms. The first-order valence-corrected chi connectivity index (χ1v) is 5.41. The third kappa shape index (κ3) is 31.5. The Kier molecular flexibility index (Phi) is 57.3. The summed E-state index contributed by atoms with van der Waals surface area (Å²) in [5, 5.41) is 0. The molecule has 0 heterocycles. The Morgan fingerprint density at radius 2 is 0.600 bits per heavy atom. The van der Waals surface area contributed by atoms with Gasteiger partial charge in [-0.25, -0.2) is 0 Å². The fourth-order valence-electron chi connectivity index (χ4n) is 1.38. The zero-order chi connectivity index (χ0) is 8.36. The Morgan fingerprint density at radius 3 is 0.800 bits per heavy atom. The van der Waals surface area contributed by atoms with Gasteiger partial charge in [0.15, 0.2) is 0 Å². The Morgan fingerprint density at radius 1 is 0.400 bits per heavy atom. The molecule has 0 aliphatic rings. The zero-order valence-electron chi connectivity index (χ0n) is 8.36. The fraction of sp³-hybridized carbons (Fsp3) is 1.00. The smallest absolute Gasteiger partial charge is 0.0533 e. The van der Waals surface area contributed by atoms with Gasteiger partial charge in [-0.05, 0) is 0 Å². The standard InChI is InChI=1S/C11H24.4CH4/c1-3-5-7-9-11-10-8-6-4-2;;;;/h3-11H2,1-2H3;4*1H4. The molecule has 0 amide bonds. The summed E-state index contributed by atoms with van der Waals surface area (Å²) >= 11 is 0. The molecule has 0 saturated carbocycles. The summed E-state index contributed by atoms with van der Waals surface area (Å²) < 4.78 is 0. The van der Waals surface area contributed by atoms with Gasteiger partial charge in [-0.2, -0.15) is 0 Å². The molecule has 0 atom stereocenters. The maximum Gasteiger partial charge on any atom is -0.0533 e. The Labute approximate surface area is 102 Å². The predicted molar refractivity (Wildman–Crippen MR) is 79.8 cm³/mol. The van der Waals surface area contributed by atoms with Crippen LogP contribution in [0.4, 0.5) is 0 Å². The van der Waals surface area contributed by atoms with Crippen LogP contribution >= 0.6 is 0 Å². The SMILES string of the molecule is C.C.C.C.CCCCCCCCCCC. The molecule has 0 radical (unpaired) electrons. The van der Waals surface area contributed by atoms with Gasteiger partial charge in [0.05, 0.1) is 0 Å². The van der Waals surface area contributed by atoms with Gasteiger partial charge in [0, 0.05) is 0 Å². The molecule has 0 heteroatoms. The van der Waals surface area contributed by atoms with Gasteiger partial charge in [0.25, 0.3) is 0 Å². The van der Waals surface area contributed by atoms with E-state index in [0.29, 0.717) is 0 Å². The van der Waals surface area contributed by atoms with Crippen LogP contribution in [0.3, 0.4) is 0 Å². The normalized spacial score (nSPS) is 7.60. The van der Waals surface area contributed by atoms with E-state index >= 15 is 0 Å². The third-order valence-corrected chi connectivity index (χ3v) is 2.21. The molecule has 0 aromatic carbocycles. The molecule has 0 aromatic rings. The van der Waals surface area contributed by atoms with Gasteiger partial charge < -0.3 is 0 Å². The highest BCUT2D eigenvalue weighted by atomic mass is 13.9. The van der Waals surface area contributed by atoms with E-state index in [2.05, 4.69) is 13.8 Å². The lowest BCUT2D eigenvalue weighted by Gasteiger charge is -1.98. The molecule has 0 aliphatic carbocycles. The quantitative estimate of drug-likeness (QED) is 0.383. The average Bonchev–Trinajstić information content (AvgIpc) is 2.03. The summed E-state index contributed by atoms with van der Waals surface area (Å²) in [4.78, 5) is 0. The van der Waals surface area contributed by atoms with E-state index < -0.39 is 0 Å². The summed E-state index contributed by atoms with van der Waals surface area (Å²) in [5.74, 6) is 0. The minimum atomic E-state index is 0. The molecule has 0 aromatic heterocycles. The molecule has 0 aliphatic heterocycles. The number of rotatable bonds is 8. The topological polar surface area (TPSA) is 0 Å². The largest absolute Gasteiger partial charge is 0.0776 e. The second-order valence-electron chi connectivity index (χ2n) is 3.47. The first-order valence-electron chi connectivity index (χ1n) is 5.41. The van der Waals surface area contributed by atoms with Gasteiger partial charge in [-0.15, -0.1) is 0 Å². The van der Waals surface area contributed by atoms with Crippen LogP contribution in [0.1, 0.15) is 101 Å². The van der Waals surface area contributed by atoms with Crippen molar-refractivity contribution in [2.45, 2.75) is 101 Å². The van der Waals surface area contributed by atoms with E-state index in [-0.39, 0.29) is 29.7 Å². The number of hydrogen-bond donors (Lipinski definition) is 0. The molecule has 15 heavy (non-hydrogen) atoms. The Balaban J connectivity index is -0.0000000833. The van der Waals surface area contributed by atoms with Crippen molar-refractivity contribution in [1.29, 1.82) is 0 Å². The summed E-state index contributed by atoms with van der Waals surface area (Å²) in [6.45, 7) is 4.55. The fourth-order valence-corrected chi connectivity index (χ4v) is 1.38. The van der Waals surface area contributed by atoms with E-state index in [1.165, 1.54) is 57.8 Å². The first kappa shape index (κ1) is 29.4. The van der Waals surface area contributed by atoms with Crippen molar-refractivity contribution in [2.75, 3.05) is 0 Å². The minimum absolute atomic E-state index is 0. The third-order valence-electron chi connectivity index (χ3n) is 2.21. The highest BCUT2D eigenvalue weighted by Crippen LogP contribution is 2.08. The highest BCUT2D eigenvalue weighted by molar-refractivity contribution is 4.44. The van der Waals surface area contributed by atoms with Gasteiger partial charge in [-0.3, -0.25) is 0 Å².